The SMILES string of the molecule is CCSc1nc(NCC(C)C)c2cnn(CCNC(=O)C3CCN(S(C)(=O)=O)CC3)c2n1. The summed E-state index contributed by atoms with van der Waals surface area (Å²) in [5.74, 6) is 1.94. The number of amides is 1. The second-order valence-corrected chi connectivity index (χ2v) is 11.6. The van der Waals surface area contributed by atoms with Crippen LogP contribution in [0.1, 0.15) is 33.6 Å². The Morgan fingerprint density at radius 2 is 2.00 bits per heavy atom. The van der Waals surface area contributed by atoms with E-state index in [4.69, 9.17) is 0 Å². The average Bonchev–Trinajstić information content (AvgIpc) is 3.14. The smallest absolute Gasteiger partial charge is 0.223 e. The van der Waals surface area contributed by atoms with Crippen LogP contribution in [-0.2, 0) is 21.4 Å². The van der Waals surface area contributed by atoms with Crippen molar-refractivity contribution in [2.75, 3.05) is 43.5 Å². The minimum atomic E-state index is -3.19. The van der Waals surface area contributed by atoms with Gasteiger partial charge >= 0.3 is 0 Å². The number of carbonyl (C=O) groups is 1. The van der Waals surface area contributed by atoms with E-state index in [2.05, 4.69) is 46.5 Å². The van der Waals surface area contributed by atoms with Crippen LogP contribution < -0.4 is 10.6 Å². The van der Waals surface area contributed by atoms with E-state index < -0.39 is 10.0 Å². The molecule has 3 rings (SSSR count). The molecule has 0 atom stereocenters. The van der Waals surface area contributed by atoms with E-state index in [0.717, 1.165) is 29.1 Å². The molecule has 0 spiro atoms. The van der Waals surface area contributed by atoms with Crippen molar-refractivity contribution in [2.24, 2.45) is 11.8 Å². The van der Waals surface area contributed by atoms with Crippen LogP contribution in [0.5, 0.6) is 0 Å². The third-order valence-corrected chi connectivity index (χ3v) is 7.38. The number of piperidine rings is 1. The first-order valence-electron chi connectivity index (χ1n) is 11.0. The van der Waals surface area contributed by atoms with E-state index in [1.807, 2.05) is 0 Å². The highest BCUT2D eigenvalue weighted by Gasteiger charge is 2.28. The van der Waals surface area contributed by atoms with Gasteiger partial charge in [0.2, 0.25) is 15.9 Å². The van der Waals surface area contributed by atoms with Crippen LogP contribution >= 0.6 is 11.8 Å². The van der Waals surface area contributed by atoms with Crippen LogP contribution in [0.2, 0.25) is 0 Å². The normalized spacial score (nSPS) is 16.0. The number of rotatable bonds is 10. The maximum absolute atomic E-state index is 12.5. The highest BCUT2D eigenvalue weighted by Crippen LogP contribution is 2.24. The lowest BCUT2D eigenvalue weighted by Gasteiger charge is -2.29. The van der Waals surface area contributed by atoms with E-state index in [9.17, 15) is 13.2 Å². The average molecular weight is 484 g/mol. The minimum Gasteiger partial charge on any atom is -0.369 e. The second kappa shape index (κ2) is 10.8. The fraction of sp³-hybridized carbons (Fsp3) is 0.700. The summed E-state index contributed by atoms with van der Waals surface area (Å²) in [7, 11) is -3.19. The van der Waals surface area contributed by atoms with Gasteiger partial charge in [0.1, 0.15) is 5.82 Å². The number of hydrogen-bond donors (Lipinski definition) is 2. The first-order chi connectivity index (χ1) is 15.2. The molecule has 0 aliphatic carbocycles. The molecule has 0 aromatic carbocycles. The molecule has 1 aliphatic rings. The lowest BCUT2D eigenvalue weighted by molar-refractivity contribution is -0.126. The van der Waals surface area contributed by atoms with E-state index in [1.165, 1.54) is 10.6 Å². The predicted molar refractivity (Wildman–Crippen MR) is 127 cm³/mol. The summed E-state index contributed by atoms with van der Waals surface area (Å²) < 4.78 is 26.5. The number of carbonyl (C=O) groups excluding carboxylic acids is 1. The van der Waals surface area contributed by atoms with Gasteiger partial charge in [-0.15, -0.1) is 0 Å². The molecule has 0 bridgehead atoms. The Hall–Kier alpha value is -1.92. The van der Waals surface area contributed by atoms with Crippen molar-refractivity contribution in [3.8, 4) is 0 Å². The van der Waals surface area contributed by atoms with Crippen LogP contribution in [0.15, 0.2) is 11.4 Å². The maximum atomic E-state index is 12.5. The Morgan fingerprint density at radius 1 is 1.28 bits per heavy atom. The van der Waals surface area contributed by atoms with Crippen LogP contribution in [0.25, 0.3) is 11.0 Å². The van der Waals surface area contributed by atoms with E-state index in [1.54, 1.807) is 22.6 Å². The number of hydrogen-bond acceptors (Lipinski definition) is 8. The first-order valence-corrected chi connectivity index (χ1v) is 13.9. The fourth-order valence-corrected chi connectivity index (χ4v) is 5.05. The van der Waals surface area contributed by atoms with Crippen LogP contribution in [0.3, 0.4) is 0 Å². The summed E-state index contributed by atoms with van der Waals surface area (Å²) >= 11 is 1.58. The Balaban J connectivity index is 1.62. The van der Waals surface area contributed by atoms with Gasteiger partial charge in [-0.1, -0.05) is 32.5 Å². The van der Waals surface area contributed by atoms with Gasteiger partial charge in [-0.05, 0) is 24.5 Å². The number of thioether (sulfide) groups is 1. The molecule has 2 N–H and O–H groups in total. The van der Waals surface area contributed by atoms with Crippen molar-refractivity contribution in [3.63, 3.8) is 0 Å². The summed E-state index contributed by atoms with van der Waals surface area (Å²) in [5.41, 5.74) is 0.748. The van der Waals surface area contributed by atoms with Crippen molar-refractivity contribution in [2.45, 2.75) is 45.3 Å². The number of nitrogens with one attached hydrogen (secondary N) is 2. The molecule has 178 valence electrons. The van der Waals surface area contributed by atoms with Gasteiger partial charge in [0.05, 0.1) is 24.4 Å². The highest BCUT2D eigenvalue weighted by molar-refractivity contribution is 7.99. The monoisotopic (exact) mass is 483 g/mol. The Morgan fingerprint density at radius 3 is 2.62 bits per heavy atom. The molecule has 1 aliphatic heterocycles. The molecule has 2 aromatic rings. The number of aromatic nitrogens is 4. The molecular formula is C20H33N7O3S2. The molecule has 32 heavy (non-hydrogen) atoms. The quantitative estimate of drug-likeness (QED) is 0.387. The van der Waals surface area contributed by atoms with Gasteiger partial charge in [-0.3, -0.25) is 4.79 Å². The second-order valence-electron chi connectivity index (χ2n) is 8.39. The molecule has 0 radical (unpaired) electrons. The van der Waals surface area contributed by atoms with E-state index in [-0.39, 0.29) is 11.8 Å². The number of sulfonamides is 1. The summed E-state index contributed by atoms with van der Waals surface area (Å²) in [6.07, 6.45) is 4.05. The number of fused-ring (bicyclic) bond motifs is 1. The van der Waals surface area contributed by atoms with Crippen LogP contribution in [0.4, 0.5) is 5.82 Å². The Kier molecular flexibility index (Phi) is 8.34. The van der Waals surface area contributed by atoms with Gasteiger partial charge in [-0.25, -0.2) is 27.4 Å². The first kappa shape index (κ1) is 24.7. The third-order valence-electron chi connectivity index (χ3n) is 5.34. The summed E-state index contributed by atoms with van der Waals surface area (Å²) in [6.45, 7) is 8.86. The predicted octanol–water partition coefficient (Wildman–Crippen LogP) is 1.79. The van der Waals surface area contributed by atoms with Crippen molar-refractivity contribution in [1.82, 2.24) is 29.4 Å². The van der Waals surface area contributed by atoms with Gasteiger partial charge in [0.25, 0.3) is 0 Å². The largest absolute Gasteiger partial charge is 0.369 e. The molecule has 2 aromatic heterocycles. The molecule has 1 fully saturated rings. The van der Waals surface area contributed by atoms with E-state index >= 15 is 0 Å². The topological polar surface area (TPSA) is 122 Å². The van der Waals surface area contributed by atoms with Crippen molar-refractivity contribution in [1.29, 1.82) is 0 Å². The standard InChI is InChI=1S/C20H33N7O3S2/c1-5-31-20-24-17(22-12-14(2)3)16-13-23-27(18(16)25-20)11-8-21-19(28)15-6-9-26(10-7-15)32(4,29)30/h13-15H,5-12H2,1-4H3,(H,21,28)(H,22,24,25). The summed E-state index contributed by atoms with van der Waals surface area (Å²) in [4.78, 5) is 21.8. The number of nitrogens with zero attached hydrogens (tertiary/aromatic N) is 5. The Labute approximate surface area is 194 Å². The zero-order valence-corrected chi connectivity index (χ0v) is 20.8. The molecule has 12 heteroatoms. The van der Waals surface area contributed by atoms with Crippen LogP contribution in [0, 0.1) is 11.8 Å². The summed E-state index contributed by atoms with van der Waals surface area (Å²) in [5, 5.41) is 12.4. The molecule has 1 amide bonds. The lowest BCUT2D eigenvalue weighted by atomic mass is 9.97. The van der Waals surface area contributed by atoms with Gasteiger partial charge in [0, 0.05) is 32.1 Å². The molecule has 0 unspecified atom stereocenters. The van der Waals surface area contributed by atoms with Gasteiger partial charge in [0.15, 0.2) is 10.8 Å². The van der Waals surface area contributed by atoms with Crippen molar-refractivity contribution in [3.05, 3.63) is 6.20 Å². The zero-order chi connectivity index (χ0) is 23.3. The van der Waals surface area contributed by atoms with Crippen molar-refractivity contribution < 1.29 is 13.2 Å². The lowest BCUT2D eigenvalue weighted by Crippen LogP contribution is -2.43. The van der Waals surface area contributed by atoms with Gasteiger partial charge < -0.3 is 10.6 Å². The summed E-state index contributed by atoms with van der Waals surface area (Å²) in [6, 6.07) is 0. The van der Waals surface area contributed by atoms with Gasteiger partial charge in [-0.2, -0.15) is 5.10 Å². The highest BCUT2D eigenvalue weighted by atomic mass is 32.2. The maximum Gasteiger partial charge on any atom is 0.223 e. The minimum absolute atomic E-state index is 0.0363. The molecule has 10 nitrogen and oxygen atoms in total. The molecular weight excluding hydrogens is 450 g/mol. The molecule has 0 saturated carbocycles. The molecule has 1 saturated heterocycles. The zero-order valence-electron chi connectivity index (χ0n) is 19.2. The van der Waals surface area contributed by atoms with Crippen molar-refractivity contribution >= 4 is 44.5 Å². The Bertz CT molecular complexity index is 1030. The van der Waals surface area contributed by atoms with E-state index in [0.29, 0.717) is 50.1 Å². The fourth-order valence-electron chi connectivity index (χ4n) is 3.61. The molecule has 3 heterocycles. The third kappa shape index (κ3) is 6.32. The number of anilines is 1. The van der Waals surface area contributed by atoms with Crippen LogP contribution in [-0.4, -0.2) is 76.6 Å².